The summed E-state index contributed by atoms with van der Waals surface area (Å²) >= 11 is 0. The summed E-state index contributed by atoms with van der Waals surface area (Å²) in [5.41, 5.74) is 15.1. The van der Waals surface area contributed by atoms with Crippen LogP contribution in [0, 0.1) is 59.8 Å². The van der Waals surface area contributed by atoms with E-state index in [1.54, 1.807) is 5.57 Å². The first-order valence-electron chi connectivity index (χ1n) is 20.3. The Labute approximate surface area is 362 Å². The standard InChI is InChI=1S/C52H57.2ClH.Zr/c1-30-10-14-35(15-11-30)48(36-16-12-31(2)13-17-36)50-46(52(7,8)9)29-44-43-28-41(51(4,5)6)19-18-37(43)26-45(44)49(50)42-27-38(20-32(42)3)47-39-22-33-21-34(24-39)25-40(47)23-33;;;/h10-20,27-29,32-34,39-40,47H,21-25H2,1-9H3;2*1H;/q-1;;;+3/p-2. The predicted molar refractivity (Wildman–Crippen MR) is 219 cm³/mol. The molecule has 0 nitrogen and oxygen atoms in total. The zero-order valence-electron chi connectivity index (χ0n) is 34.3. The molecule has 4 aromatic carbocycles. The van der Waals surface area contributed by atoms with Gasteiger partial charge in [-0.3, -0.25) is 0 Å². The van der Waals surface area contributed by atoms with E-state index >= 15 is 0 Å². The zero-order valence-corrected chi connectivity index (χ0v) is 38.3. The Balaban J connectivity index is 0.00000171. The van der Waals surface area contributed by atoms with Crippen molar-refractivity contribution in [1.82, 2.24) is 0 Å². The van der Waals surface area contributed by atoms with E-state index in [0.29, 0.717) is 5.92 Å². The number of benzene rings is 4. The monoisotopic (exact) mass is 841 g/mol. The summed E-state index contributed by atoms with van der Waals surface area (Å²) in [5, 5.41) is 5.32. The van der Waals surface area contributed by atoms with Crippen LogP contribution >= 0.6 is 0 Å². The largest absolute Gasteiger partial charge is 3.00 e. The maximum atomic E-state index is 4.09. The van der Waals surface area contributed by atoms with Crippen molar-refractivity contribution in [2.24, 2.45) is 35.5 Å². The molecule has 4 aromatic rings. The van der Waals surface area contributed by atoms with Crippen molar-refractivity contribution in [1.29, 1.82) is 0 Å². The van der Waals surface area contributed by atoms with Gasteiger partial charge in [-0.1, -0.05) is 155 Å². The summed E-state index contributed by atoms with van der Waals surface area (Å²) in [7, 11) is 0. The van der Waals surface area contributed by atoms with Crippen LogP contribution in [0.4, 0.5) is 0 Å². The maximum Gasteiger partial charge on any atom is 3.00 e. The van der Waals surface area contributed by atoms with Gasteiger partial charge in [0.25, 0.3) is 0 Å². The van der Waals surface area contributed by atoms with Crippen molar-refractivity contribution in [3.63, 3.8) is 0 Å². The van der Waals surface area contributed by atoms with Gasteiger partial charge in [-0.05, 0) is 125 Å². The predicted octanol–water partition coefficient (Wildman–Crippen LogP) is 5.49. The minimum atomic E-state index is -0.0930. The summed E-state index contributed by atoms with van der Waals surface area (Å²) in [5.74, 6) is 4.79. The quantitative estimate of drug-likeness (QED) is 0.210. The van der Waals surface area contributed by atoms with E-state index in [0.717, 1.165) is 29.6 Å². The number of allylic oxidation sites excluding steroid dienone is 4. The molecule has 6 aliphatic rings. The molecule has 4 fully saturated rings. The molecule has 6 aliphatic carbocycles. The first kappa shape index (κ1) is 42.2. The number of fused-ring (bicyclic) bond motifs is 2. The molecule has 0 aliphatic heterocycles. The van der Waals surface area contributed by atoms with Gasteiger partial charge in [0.05, 0.1) is 0 Å². The molecule has 283 valence electrons. The van der Waals surface area contributed by atoms with Crippen molar-refractivity contribution < 1.29 is 51.0 Å². The summed E-state index contributed by atoms with van der Waals surface area (Å²) in [4.78, 5) is 0. The molecule has 4 saturated carbocycles. The van der Waals surface area contributed by atoms with Crippen LogP contribution in [0.2, 0.25) is 0 Å². The average molecular weight is 844 g/mol. The molecule has 0 N–H and O–H groups in total. The summed E-state index contributed by atoms with van der Waals surface area (Å²) in [6.07, 6.45) is 16.8. The molecule has 0 spiro atoms. The van der Waals surface area contributed by atoms with E-state index in [1.807, 2.05) is 0 Å². The van der Waals surface area contributed by atoms with Crippen molar-refractivity contribution in [3.05, 3.63) is 156 Å². The van der Waals surface area contributed by atoms with E-state index in [1.165, 1.54) is 109 Å². The molecule has 4 bridgehead atoms. The van der Waals surface area contributed by atoms with Gasteiger partial charge >= 0.3 is 26.2 Å². The third-order valence-electron chi connectivity index (χ3n) is 13.7. The van der Waals surface area contributed by atoms with Gasteiger partial charge in [0.15, 0.2) is 0 Å². The fourth-order valence-corrected chi connectivity index (χ4v) is 11.3. The molecule has 0 amide bonds. The van der Waals surface area contributed by atoms with Crippen molar-refractivity contribution in [2.45, 2.75) is 105 Å². The van der Waals surface area contributed by atoms with Crippen LogP contribution in [-0.2, 0) is 37.0 Å². The molecule has 1 radical (unpaired) electrons. The fraction of sp³-hybridized carbons (Fsp3) is 0.423. The van der Waals surface area contributed by atoms with Gasteiger partial charge in [-0.25, -0.2) is 0 Å². The fourth-order valence-electron chi connectivity index (χ4n) is 11.3. The smallest absolute Gasteiger partial charge is 1.00 e. The minimum Gasteiger partial charge on any atom is -1.00 e. The molecule has 1 unspecified atom stereocenters. The van der Waals surface area contributed by atoms with Gasteiger partial charge in [0, 0.05) is 0 Å². The maximum absolute atomic E-state index is 4.09. The Morgan fingerprint density at radius 1 is 0.655 bits per heavy atom. The molecule has 1 atom stereocenters. The summed E-state index contributed by atoms with van der Waals surface area (Å²) < 4.78 is 0. The molecule has 3 heteroatoms. The van der Waals surface area contributed by atoms with Crippen LogP contribution in [0.5, 0.6) is 0 Å². The third kappa shape index (κ3) is 7.43. The van der Waals surface area contributed by atoms with Gasteiger partial charge in [-0.2, -0.15) is 0 Å². The number of halogens is 2. The van der Waals surface area contributed by atoms with Crippen LogP contribution in [0.25, 0.3) is 17.2 Å². The first-order valence-corrected chi connectivity index (χ1v) is 20.3. The second-order valence-electron chi connectivity index (χ2n) is 19.6. The average Bonchev–Trinajstić information content (AvgIpc) is 3.64. The van der Waals surface area contributed by atoms with Gasteiger partial charge in [0.1, 0.15) is 0 Å². The van der Waals surface area contributed by atoms with E-state index < -0.39 is 0 Å². The number of hydrogen-bond donors (Lipinski definition) is 0. The molecule has 10 rings (SSSR count). The first-order chi connectivity index (χ1) is 24.7. The van der Waals surface area contributed by atoms with E-state index in [2.05, 4.69) is 153 Å². The number of hydrogen-bond acceptors (Lipinski definition) is 0. The SMILES string of the molecule is Cc1ccc(C(c2ccc(C)cc2)=c2c(C(C)(C)C)cc3c(c2C2=CC(C4C5CC6CC(C5)CC4C6)=CC2C)[C-]=c2ccc(C(C)(C)C)cc2=3)cc1.[Cl-].[Cl-].[Zr+3]. The van der Waals surface area contributed by atoms with Crippen LogP contribution in [0.1, 0.15) is 125 Å². The van der Waals surface area contributed by atoms with Gasteiger partial charge < -0.3 is 24.8 Å². The normalized spacial score (nSPS) is 24.4. The summed E-state index contributed by atoms with van der Waals surface area (Å²) in [6.45, 7) is 21.1. The zero-order chi connectivity index (χ0) is 36.3. The Kier molecular flexibility index (Phi) is 11.8. The molecule has 55 heavy (non-hydrogen) atoms. The molecule has 0 aromatic heterocycles. The number of aryl methyl sites for hydroxylation is 2. The van der Waals surface area contributed by atoms with Gasteiger partial charge in [-0.15, -0.1) is 33.4 Å². The second-order valence-corrected chi connectivity index (χ2v) is 19.6. The van der Waals surface area contributed by atoms with Gasteiger partial charge in [0.2, 0.25) is 0 Å². The molecular weight excluding hydrogens is 787 g/mol. The molecular formula is C52H57Cl2Zr. The van der Waals surface area contributed by atoms with E-state index in [-0.39, 0.29) is 61.8 Å². The Morgan fingerprint density at radius 3 is 1.71 bits per heavy atom. The summed E-state index contributed by atoms with van der Waals surface area (Å²) in [6, 6.07) is 28.3. The van der Waals surface area contributed by atoms with Crippen LogP contribution < -0.4 is 35.3 Å². The second kappa shape index (κ2) is 15.4. The van der Waals surface area contributed by atoms with E-state index in [4.69, 9.17) is 0 Å². The number of rotatable bonds is 4. The van der Waals surface area contributed by atoms with Crippen LogP contribution in [0.3, 0.4) is 0 Å². The van der Waals surface area contributed by atoms with Crippen molar-refractivity contribution in [3.8, 4) is 0 Å². The Hall–Kier alpha value is -2.44. The molecule has 0 heterocycles. The third-order valence-corrected chi connectivity index (χ3v) is 13.7. The van der Waals surface area contributed by atoms with Crippen molar-refractivity contribution >= 4 is 17.2 Å². The van der Waals surface area contributed by atoms with Crippen LogP contribution in [0.15, 0.2) is 90.5 Å². The van der Waals surface area contributed by atoms with E-state index in [9.17, 15) is 0 Å². The van der Waals surface area contributed by atoms with Crippen LogP contribution in [-0.4, -0.2) is 0 Å². The topological polar surface area (TPSA) is 0 Å². The van der Waals surface area contributed by atoms with Crippen molar-refractivity contribution in [2.75, 3.05) is 0 Å². The Bertz CT molecular complexity index is 2320. The molecule has 0 saturated heterocycles. The minimum absolute atomic E-state index is 0. The Morgan fingerprint density at radius 2 is 1.20 bits per heavy atom.